The molecule has 0 bridgehead atoms. The fourth-order valence-corrected chi connectivity index (χ4v) is 7.19. The van der Waals surface area contributed by atoms with Crippen molar-refractivity contribution in [3.8, 4) is 17.2 Å². The summed E-state index contributed by atoms with van der Waals surface area (Å²) in [7, 11) is 4.64. The third-order valence-electron chi connectivity index (χ3n) is 9.55. The zero-order valence-electron chi connectivity index (χ0n) is 25.6. The molecule has 2 fully saturated rings. The second kappa shape index (κ2) is 14.0. The zero-order chi connectivity index (χ0) is 31.3. The SMILES string of the molecule is COc1cc(C(=O)N2CC[C@](CCN3CCC(CON)(c4ccccc4)CC3)(c3ccc(Cl)c(Cl)c3)C2)cc(OC)c1OC. The quantitative estimate of drug-likeness (QED) is 0.253. The highest BCUT2D eigenvalue weighted by Crippen LogP contribution is 2.43. The Morgan fingerprint density at radius 3 is 2.07 bits per heavy atom. The molecule has 0 aliphatic carbocycles. The lowest BCUT2D eigenvalue weighted by Gasteiger charge is -2.42. The summed E-state index contributed by atoms with van der Waals surface area (Å²) in [5.41, 5.74) is 2.48. The maximum Gasteiger partial charge on any atom is 0.254 e. The molecule has 236 valence electrons. The lowest BCUT2D eigenvalue weighted by molar-refractivity contribution is 0.0428. The Labute approximate surface area is 269 Å². The first-order valence-corrected chi connectivity index (χ1v) is 15.7. The van der Waals surface area contributed by atoms with Crippen LogP contribution in [0.1, 0.15) is 47.2 Å². The molecule has 3 aromatic carbocycles. The Balaban J connectivity index is 1.35. The molecule has 0 aromatic heterocycles. The van der Waals surface area contributed by atoms with E-state index in [1.54, 1.807) is 33.5 Å². The minimum Gasteiger partial charge on any atom is -0.493 e. The van der Waals surface area contributed by atoms with E-state index in [1.807, 2.05) is 23.1 Å². The van der Waals surface area contributed by atoms with Gasteiger partial charge in [0.2, 0.25) is 5.75 Å². The van der Waals surface area contributed by atoms with E-state index in [0.29, 0.717) is 52.6 Å². The Bertz CT molecular complexity index is 1420. The van der Waals surface area contributed by atoms with Gasteiger partial charge in [0.05, 0.1) is 38.0 Å². The zero-order valence-corrected chi connectivity index (χ0v) is 27.1. The number of benzene rings is 3. The van der Waals surface area contributed by atoms with Crippen molar-refractivity contribution in [1.82, 2.24) is 9.80 Å². The molecular formula is C34H41Cl2N3O5. The van der Waals surface area contributed by atoms with Gasteiger partial charge in [-0.15, -0.1) is 0 Å². The molecule has 2 aliphatic heterocycles. The molecular weight excluding hydrogens is 601 g/mol. The van der Waals surface area contributed by atoms with Crippen LogP contribution in [0.15, 0.2) is 60.7 Å². The Morgan fingerprint density at radius 2 is 1.48 bits per heavy atom. The second-order valence-electron chi connectivity index (χ2n) is 11.8. The number of amides is 1. The molecule has 0 spiro atoms. The number of halogens is 2. The van der Waals surface area contributed by atoms with Crippen LogP contribution in [0.25, 0.3) is 0 Å². The second-order valence-corrected chi connectivity index (χ2v) is 12.7. The van der Waals surface area contributed by atoms with Crippen molar-refractivity contribution in [2.75, 3.05) is 60.7 Å². The summed E-state index contributed by atoms with van der Waals surface area (Å²) in [4.78, 5) is 23.5. The van der Waals surface area contributed by atoms with Crippen molar-refractivity contribution in [2.24, 2.45) is 5.90 Å². The van der Waals surface area contributed by atoms with E-state index in [1.165, 1.54) is 5.56 Å². The van der Waals surface area contributed by atoms with Crippen LogP contribution < -0.4 is 20.1 Å². The minimum atomic E-state index is -0.279. The number of carbonyl (C=O) groups is 1. The first-order chi connectivity index (χ1) is 21.3. The summed E-state index contributed by atoms with van der Waals surface area (Å²) in [5, 5.41) is 1.04. The predicted molar refractivity (Wildman–Crippen MR) is 173 cm³/mol. The van der Waals surface area contributed by atoms with Crippen molar-refractivity contribution < 1.29 is 23.8 Å². The molecule has 44 heavy (non-hydrogen) atoms. The van der Waals surface area contributed by atoms with E-state index in [4.69, 9.17) is 48.1 Å². The monoisotopic (exact) mass is 641 g/mol. The average molecular weight is 643 g/mol. The van der Waals surface area contributed by atoms with Crippen LogP contribution >= 0.6 is 23.2 Å². The average Bonchev–Trinajstić information content (AvgIpc) is 3.50. The lowest BCUT2D eigenvalue weighted by Crippen LogP contribution is -2.47. The molecule has 2 heterocycles. The van der Waals surface area contributed by atoms with E-state index in [2.05, 4.69) is 35.2 Å². The van der Waals surface area contributed by atoms with Gasteiger partial charge in [-0.1, -0.05) is 59.6 Å². The minimum absolute atomic E-state index is 0.0846. The molecule has 2 N–H and O–H groups in total. The van der Waals surface area contributed by atoms with Crippen molar-refractivity contribution >= 4 is 29.1 Å². The number of hydrogen-bond donors (Lipinski definition) is 1. The number of rotatable bonds is 11. The standard InChI is InChI=1S/C34H41Cl2N3O5/c1-41-29-19-24(20-30(42-2)31(29)43-3)32(40)39-18-14-33(22-39,26-9-10-27(35)28(36)21-26)11-15-38-16-12-34(13-17-38,23-44-37)25-7-5-4-6-8-25/h4-10,19-21H,11-18,22-23,37H2,1-3H3/t33-/m0/s1. The summed E-state index contributed by atoms with van der Waals surface area (Å²) in [6.07, 6.45) is 3.60. The van der Waals surface area contributed by atoms with Gasteiger partial charge >= 0.3 is 0 Å². The maximum absolute atomic E-state index is 13.9. The van der Waals surface area contributed by atoms with Crippen LogP contribution in [0.5, 0.6) is 17.2 Å². The van der Waals surface area contributed by atoms with Gasteiger partial charge in [0.1, 0.15) is 0 Å². The van der Waals surface area contributed by atoms with Crippen LogP contribution in [0.4, 0.5) is 0 Å². The van der Waals surface area contributed by atoms with E-state index in [0.717, 1.165) is 50.9 Å². The van der Waals surface area contributed by atoms with Gasteiger partial charge in [0, 0.05) is 29.5 Å². The molecule has 3 aromatic rings. The fraction of sp³-hybridized carbons (Fsp3) is 0.441. The molecule has 8 nitrogen and oxygen atoms in total. The highest BCUT2D eigenvalue weighted by molar-refractivity contribution is 6.42. The molecule has 0 radical (unpaired) electrons. The van der Waals surface area contributed by atoms with E-state index in [9.17, 15) is 4.79 Å². The first-order valence-electron chi connectivity index (χ1n) is 14.9. The topological polar surface area (TPSA) is 86.5 Å². The lowest BCUT2D eigenvalue weighted by atomic mass is 9.73. The van der Waals surface area contributed by atoms with Gasteiger partial charge in [-0.2, -0.15) is 0 Å². The number of hydrogen-bond acceptors (Lipinski definition) is 7. The van der Waals surface area contributed by atoms with Gasteiger partial charge in [-0.3, -0.25) is 4.79 Å². The number of carbonyl (C=O) groups excluding carboxylic acids is 1. The van der Waals surface area contributed by atoms with E-state index < -0.39 is 0 Å². The van der Waals surface area contributed by atoms with Crippen LogP contribution in [0.3, 0.4) is 0 Å². The van der Waals surface area contributed by atoms with Gasteiger partial charge < -0.3 is 28.8 Å². The summed E-state index contributed by atoms with van der Waals surface area (Å²) >= 11 is 12.8. The summed E-state index contributed by atoms with van der Waals surface area (Å²) in [6, 6.07) is 19.8. The van der Waals surface area contributed by atoms with Crippen molar-refractivity contribution in [2.45, 2.75) is 36.5 Å². The summed E-state index contributed by atoms with van der Waals surface area (Å²) in [5.74, 6) is 6.86. The first kappa shape index (κ1) is 32.4. The molecule has 2 aliphatic rings. The number of likely N-dealkylation sites (tertiary alicyclic amines) is 2. The Hall–Kier alpha value is -3.01. The largest absolute Gasteiger partial charge is 0.493 e. The number of ether oxygens (including phenoxy) is 3. The van der Waals surface area contributed by atoms with Gasteiger partial charge in [-0.25, -0.2) is 5.90 Å². The maximum atomic E-state index is 13.9. The molecule has 2 saturated heterocycles. The van der Waals surface area contributed by atoms with E-state index in [-0.39, 0.29) is 16.7 Å². The summed E-state index contributed by atoms with van der Waals surface area (Å²) < 4.78 is 16.5. The van der Waals surface area contributed by atoms with Gasteiger partial charge in [-0.05, 0) is 80.7 Å². The normalized spacial score (nSPS) is 20.0. The Kier molecular flexibility index (Phi) is 10.3. The van der Waals surface area contributed by atoms with Crippen LogP contribution in [-0.4, -0.2) is 76.4 Å². The number of nitrogens with two attached hydrogens (primary N) is 1. The Morgan fingerprint density at radius 1 is 0.818 bits per heavy atom. The highest BCUT2D eigenvalue weighted by Gasteiger charge is 2.43. The van der Waals surface area contributed by atoms with Crippen molar-refractivity contribution in [3.63, 3.8) is 0 Å². The smallest absolute Gasteiger partial charge is 0.254 e. The molecule has 10 heteroatoms. The van der Waals surface area contributed by atoms with Crippen molar-refractivity contribution in [1.29, 1.82) is 0 Å². The molecule has 1 atom stereocenters. The number of nitrogens with zero attached hydrogens (tertiary/aromatic N) is 2. The van der Waals surface area contributed by atoms with Crippen LogP contribution in [0, 0.1) is 0 Å². The predicted octanol–water partition coefficient (Wildman–Crippen LogP) is 6.12. The molecule has 0 unspecified atom stereocenters. The van der Waals surface area contributed by atoms with Crippen molar-refractivity contribution in [3.05, 3.63) is 87.4 Å². The number of piperidine rings is 1. The molecule has 0 saturated carbocycles. The number of methoxy groups -OCH3 is 3. The van der Waals surface area contributed by atoms with Crippen LogP contribution in [-0.2, 0) is 15.7 Å². The molecule has 5 rings (SSSR count). The van der Waals surface area contributed by atoms with Gasteiger partial charge in [0.25, 0.3) is 5.91 Å². The van der Waals surface area contributed by atoms with E-state index >= 15 is 0 Å². The fourth-order valence-electron chi connectivity index (χ4n) is 6.89. The van der Waals surface area contributed by atoms with Gasteiger partial charge in [0.15, 0.2) is 11.5 Å². The third-order valence-corrected chi connectivity index (χ3v) is 10.3. The molecule has 1 amide bonds. The van der Waals surface area contributed by atoms with Crippen LogP contribution in [0.2, 0.25) is 10.0 Å². The third kappa shape index (κ3) is 6.51. The summed E-state index contributed by atoms with van der Waals surface area (Å²) in [6.45, 7) is 4.43. The highest BCUT2D eigenvalue weighted by atomic mass is 35.5.